The summed E-state index contributed by atoms with van der Waals surface area (Å²) in [5.74, 6) is -0.898. The fraction of sp³-hybridized carbons (Fsp3) is 0.417. The van der Waals surface area contributed by atoms with E-state index in [0.29, 0.717) is 10.6 Å². The van der Waals surface area contributed by atoms with Crippen molar-refractivity contribution in [3.63, 3.8) is 0 Å². The van der Waals surface area contributed by atoms with Gasteiger partial charge in [0.1, 0.15) is 11.9 Å². The van der Waals surface area contributed by atoms with Crippen molar-refractivity contribution in [2.24, 2.45) is 0 Å². The number of carbonyl (C=O) groups is 2. The molecule has 0 heterocycles. The number of hydrogen-bond acceptors (Lipinski definition) is 2. The lowest BCUT2D eigenvalue weighted by Gasteiger charge is -2.31. The minimum atomic E-state index is -0.676. The molecule has 1 saturated carbocycles. The predicted octanol–water partition coefficient (Wildman–Crippen LogP) is 4.89. The van der Waals surface area contributed by atoms with Crippen molar-refractivity contribution in [1.82, 2.24) is 10.2 Å². The van der Waals surface area contributed by atoms with Gasteiger partial charge < -0.3 is 10.2 Å². The van der Waals surface area contributed by atoms with Gasteiger partial charge in [-0.15, -0.1) is 0 Å². The average Bonchev–Trinajstić information content (AvgIpc) is 2.74. The van der Waals surface area contributed by atoms with E-state index in [2.05, 4.69) is 5.32 Å². The molecule has 1 fully saturated rings. The van der Waals surface area contributed by atoms with E-state index in [9.17, 15) is 14.0 Å². The van der Waals surface area contributed by atoms with Gasteiger partial charge in [0.15, 0.2) is 0 Å². The Balaban J connectivity index is 1.77. The second-order valence-corrected chi connectivity index (χ2v) is 8.38. The van der Waals surface area contributed by atoms with Crippen LogP contribution in [0.5, 0.6) is 0 Å². The molecule has 0 spiro atoms. The monoisotopic (exact) mass is 430 g/mol. The molecule has 160 valence electrons. The van der Waals surface area contributed by atoms with Crippen molar-refractivity contribution in [3.8, 4) is 0 Å². The first-order valence-corrected chi connectivity index (χ1v) is 10.9. The number of rotatable bonds is 7. The van der Waals surface area contributed by atoms with Gasteiger partial charge in [-0.05, 0) is 49.1 Å². The maximum atomic E-state index is 14.1. The molecule has 2 aromatic rings. The SMILES string of the molecule is CC(C(=O)NC1CCCCC1)N(Cc1cccc(Cl)c1)C(=O)Cc1ccccc1F. The minimum Gasteiger partial charge on any atom is -0.352 e. The van der Waals surface area contributed by atoms with Crippen molar-refractivity contribution >= 4 is 23.4 Å². The second-order valence-electron chi connectivity index (χ2n) is 7.94. The van der Waals surface area contributed by atoms with E-state index in [4.69, 9.17) is 11.6 Å². The van der Waals surface area contributed by atoms with Crippen LogP contribution < -0.4 is 5.32 Å². The molecule has 0 aliphatic heterocycles. The molecule has 3 rings (SSSR count). The standard InChI is InChI=1S/C24H28ClFN2O2/c1-17(24(30)27-21-11-3-2-4-12-21)28(16-18-8-7-10-20(25)14-18)23(29)15-19-9-5-6-13-22(19)26/h5-10,13-14,17,21H,2-4,11-12,15-16H2,1H3,(H,27,30). The highest BCUT2D eigenvalue weighted by molar-refractivity contribution is 6.30. The highest BCUT2D eigenvalue weighted by atomic mass is 35.5. The zero-order valence-electron chi connectivity index (χ0n) is 17.2. The third kappa shape index (κ3) is 6.05. The maximum absolute atomic E-state index is 14.1. The van der Waals surface area contributed by atoms with Crippen LogP contribution in [0.1, 0.15) is 50.2 Å². The van der Waals surface area contributed by atoms with Gasteiger partial charge in [-0.3, -0.25) is 9.59 Å². The Morgan fingerprint density at radius 3 is 2.57 bits per heavy atom. The van der Waals surface area contributed by atoms with Crippen LogP contribution in [0.15, 0.2) is 48.5 Å². The Morgan fingerprint density at radius 2 is 1.87 bits per heavy atom. The molecule has 2 aromatic carbocycles. The molecule has 1 unspecified atom stereocenters. The van der Waals surface area contributed by atoms with E-state index in [0.717, 1.165) is 31.2 Å². The molecule has 0 bridgehead atoms. The summed E-state index contributed by atoms with van der Waals surface area (Å²) in [6, 6.07) is 12.9. The second kappa shape index (κ2) is 10.6. The maximum Gasteiger partial charge on any atom is 0.242 e. The lowest BCUT2D eigenvalue weighted by atomic mass is 9.95. The number of benzene rings is 2. The first-order valence-electron chi connectivity index (χ1n) is 10.5. The summed E-state index contributed by atoms with van der Waals surface area (Å²) in [6.45, 7) is 1.95. The third-order valence-electron chi connectivity index (χ3n) is 5.66. The van der Waals surface area contributed by atoms with Gasteiger partial charge in [-0.1, -0.05) is 61.2 Å². The highest BCUT2D eigenvalue weighted by Gasteiger charge is 2.28. The quantitative estimate of drug-likeness (QED) is 0.680. The lowest BCUT2D eigenvalue weighted by molar-refractivity contribution is -0.140. The van der Waals surface area contributed by atoms with Gasteiger partial charge in [0.05, 0.1) is 6.42 Å². The van der Waals surface area contributed by atoms with E-state index in [1.165, 1.54) is 17.4 Å². The van der Waals surface area contributed by atoms with Crippen molar-refractivity contribution in [3.05, 3.63) is 70.5 Å². The first kappa shape index (κ1) is 22.3. The molecule has 30 heavy (non-hydrogen) atoms. The number of halogens is 2. The van der Waals surface area contributed by atoms with Crippen molar-refractivity contribution in [2.45, 2.75) is 64.1 Å². The number of nitrogens with zero attached hydrogens (tertiary/aromatic N) is 1. The van der Waals surface area contributed by atoms with E-state index in [1.807, 2.05) is 12.1 Å². The van der Waals surface area contributed by atoms with Crippen molar-refractivity contribution in [2.75, 3.05) is 0 Å². The van der Waals surface area contributed by atoms with Gasteiger partial charge in [-0.25, -0.2) is 4.39 Å². The Morgan fingerprint density at radius 1 is 1.13 bits per heavy atom. The minimum absolute atomic E-state index is 0.103. The molecule has 2 amide bonds. The Hall–Kier alpha value is -2.40. The van der Waals surface area contributed by atoms with Crippen molar-refractivity contribution < 1.29 is 14.0 Å². The average molecular weight is 431 g/mol. The smallest absolute Gasteiger partial charge is 0.242 e. The van der Waals surface area contributed by atoms with Crippen LogP contribution in [0.4, 0.5) is 4.39 Å². The lowest BCUT2D eigenvalue weighted by Crippen LogP contribution is -2.50. The Bertz CT molecular complexity index is 883. The normalized spacial score (nSPS) is 15.4. The highest BCUT2D eigenvalue weighted by Crippen LogP contribution is 2.19. The molecule has 0 saturated heterocycles. The van der Waals surface area contributed by atoms with E-state index >= 15 is 0 Å². The summed E-state index contributed by atoms with van der Waals surface area (Å²) in [5.41, 5.74) is 1.14. The van der Waals surface area contributed by atoms with Crippen LogP contribution in [-0.2, 0) is 22.6 Å². The molecule has 0 radical (unpaired) electrons. The summed E-state index contributed by atoms with van der Waals surface area (Å²) in [7, 11) is 0. The number of carbonyl (C=O) groups excluding carboxylic acids is 2. The third-order valence-corrected chi connectivity index (χ3v) is 5.90. The zero-order chi connectivity index (χ0) is 21.5. The largest absolute Gasteiger partial charge is 0.352 e. The molecule has 1 N–H and O–H groups in total. The first-order chi connectivity index (χ1) is 14.4. The summed E-state index contributed by atoms with van der Waals surface area (Å²) in [6.07, 6.45) is 5.25. The number of nitrogens with one attached hydrogen (secondary N) is 1. The van der Waals surface area contributed by atoms with E-state index < -0.39 is 11.9 Å². The van der Waals surface area contributed by atoms with Gasteiger partial charge in [0.2, 0.25) is 11.8 Å². The molecular weight excluding hydrogens is 403 g/mol. The molecule has 4 nitrogen and oxygen atoms in total. The van der Waals surface area contributed by atoms with Crippen molar-refractivity contribution in [1.29, 1.82) is 0 Å². The Kier molecular flexibility index (Phi) is 7.86. The molecule has 0 aromatic heterocycles. The molecule has 1 atom stereocenters. The fourth-order valence-electron chi connectivity index (χ4n) is 3.89. The fourth-order valence-corrected chi connectivity index (χ4v) is 4.10. The van der Waals surface area contributed by atoms with Crippen LogP contribution in [0.2, 0.25) is 5.02 Å². The van der Waals surface area contributed by atoms with Crippen LogP contribution in [0.3, 0.4) is 0 Å². The number of amides is 2. The summed E-state index contributed by atoms with van der Waals surface area (Å²) < 4.78 is 14.1. The summed E-state index contributed by atoms with van der Waals surface area (Å²) >= 11 is 6.10. The van der Waals surface area contributed by atoms with Gasteiger partial charge in [0.25, 0.3) is 0 Å². The summed E-state index contributed by atoms with van der Waals surface area (Å²) in [5, 5.41) is 3.66. The number of hydrogen-bond donors (Lipinski definition) is 1. The van der Waals surface area contributed by atoms with Crippen LogP contribution in [0, 0.1) is 5.82 Å². The van der Waals surface area contributed by atoms with Crippen LogP contribution in [-0.4, -0.2) is 28.8 Å². The van der Waals surface area contributed by atoms with Gasteiger partial charge >= 0.3 is 0 Å². The molecule has 1 aliphatic rings. The molecular formula is C24H28ClFN2O2. The van der Waals surface area contributed by atoms with Crippen LogP contribution in [0.25, 0.3) is 0 Å². The Labute approximate surface area is 182 Å². The van der Waals surface area contributed by atoms with E-state index in [1.54, 1.807) is 37.3 Å². The summed E-state index contributed by atoms with van der Waals surface area (Å²) in [4.78, 5) is 27.6. The zero-order valence-corrected chi connectivity index (χ0v) is 18.0. The molecule has 6 heteroatoms. The molecule has 1 aliphatic carbocycles. The van der Waals surface area contributed by atoms with Gasteiger partial charge in [-0.2, -0.15) is 0 Å². The van der Waals surface area contributed by atoms with Crippen LogP contribution >= 0.6 is 11.6 Å². The predicted molar refractivity (Wildman–Crippen MR) is 117 cm³/mol. The van der Waals surface area contributed by atoms with E-state index in [-0.39, 0.29) is 30.8 Å². The topological polar surface area (TPSA) is 49.4 Å². The van der Waals surface area contributed by atoms with Gasteiger partial charge in [0, 0.05) is 17.6 Å².